The highest BCUT2D eigenvalue weighted by Crippen LogP contribution is 2.20. The Labute approximate surface area is 114 Å². The molecule has 1 fully saturated rings. The molecule has 0 atom stereocenters. The van der Waals surface area contributed by atoms with Crippen LogP contribution in [0.15, 0.2) is 6.20 Å². The van der Waals surface area contributed by atoms with E-state index in [0.29, 0.717) is 18.7 Å². The fourth-order valence-electron chi connectivity index (χ4n) is 2.32. The first kappa shape index (κ1) is 14.0. The summed E-state index contributed by atoms with van der Waals surface area (Å²) in [5.74, 6) is 6.51. The van der Waals surface area contributed by atoms with Gasteiger partial charge in [-0.25, -0.2) is 10.8 Å². The van der Waals surface area contributed by atoms with Crippen molar-refractivity contribution in [2.45, 2.75) is 45.1 Å². The number of hydrogen-bond donors (Lipinski definition) is 3. The van der Waals surface area contributed by atoms with Crippen LogP contribution in [-0.2, 0) is 4.74 Å². The zero-order valence-corrected chi connectivity index (χ0v) is 11.5. The number of nitrogens with zero attached hydrogens (tertiary/aromatic N) is 2. The molecule has 0 aliphatic heterocycles. The Bertz CT molecular complexity index is 393. The van der Waals surface area contributed by atoms with Crippen LogP contribution in [0.2, 0.25) is 0 Å². The summed E-state index contributed by atoms with van der Waals surface area (Å²) in [4.78, 5) is 8.30. The summed E-state index contributed by atoms with van der Waals surface area (Å²) in [5.41, 5.74) is 3.44. The molecule has 6 heteroatoms. The Hall–Kier alpha value is -1.40. The molecular weight excluding hydrogens is 242 g/mol. The molecular formula is C13H23N5O. The second kappa shape index (κ2) is 7.25. The van der Waals surface area contributed by atoms with E-state index in [4.69, 9.17) is 10.6 Å². The van der Waals surface area contributed by atoms with Crippen LogP contribution in [0.25, 0.3) is 0 Å². The van der Waals surface area contributed by atoms with Gasteiger partial charge in [-0.15, -0.1) is 0 Å². The quantitative estimate of drug-likeness (QED) is 0.413. The predicted octanol–water partition coefficient (Wildman–Crippen LogP) is 1.83. The normalized spacial score (nSPS) is 16.3. The largest absolute Gasteiger partial charge is 0.376 e. The molecule has 0 aromatic carbocycles. The van der Waals surface area contributed by atoms with Crippen LogP contribution in [-0.4, -0.2) is 29.2 Å². The van der Waals surface area contributed by atoms with Gasteiger partial charge in [0.1, 0.15) is 5.82 Å². The Balaban J connectivity index is 1.72. The SMILES string of the molecule is Cc1cnc(NN)nc1NCCOC1CCCCC1. The third-order valence-electron chi connectivity index (χ3n) is 3.40. The monoisotopic (exact) mass is 265 g/mol. The van der Waals surface area contributed by atoms with Crippen molar-refractivity contribution in [1.29, 1.82) is 0 Å². The molecule has 2 rings (SSSR count). The molecule has 0 unspecified atom stereocenters. The minimum Gasteiger partial charge on any atom is -0.376 e. The van der Waals surface area contributed by atoms with Gasteiger partial charge >= 0.3 is 0 Å². The van der Waals surface area contributed by atoms with Crippen molar-refractivity contribution in [2.24, 2.45) is 5.84 Å². The van der Waals surface area contributed by atoms with E-state index in [-0.39, 0.29) is 0 Å². The molecule has 0 bridgehead atoms. The van der Waals surface area contributed by atoms with E-state index in [0.717, 1.165) is 17.9 Å². The lowest BCUT2D eigenvalue weighted by molar-refractivity contribution is 0.0347. The minimum atomic E-state index is 0.418. The summed E-state index contributed by atoms with van der Waals surface area (Å²) in [5, 5.41) is 3.26. The number of aromatic nitrogens is 2. The van der Waals surface area contributed by atoms with Gasteiger partial charge in [0, 0.05) is 18.3 Å². The van der Waals surface area contributed by atoms with Crippen LogP contribution >= 0.6 is 0 Å². The van der Waals surface area contributed by atoms with E-state index in [1.165, 1.54) is 32.1 Å². The molecule has 1 aliphatic rings. The highest BCUT2D eigenvalue weighted by molar-refractivity contribution is 5.45. The van der Waals surface area contributed by atoms with Crippen molar-refractivity contribution < 1.29 is 4.74 Å². The van der Waals surface area contributed by atoms with Gasteiger partial charge in [0.2, 0.25) is 5.95 Å². The molecule has 6 nitrogen and oxygen atoms in total. The van der Waals surface area contributed by atoms with Crippen molar-refractivity contribution in [3.8, 4) is 0 Å². The van der Waals surface area contributed by atoms with E-state index in [1.54, 1.807) is 6.20 Å². The Kier molecular flexibility index (Phi) is 5.35. The zero-order valence-electron chi connectivity index (χ0n) is 11.5. The second-order valence-corrected chi connectivity index (χ2v) is 4.93. The molecule has 1 aliphatic carbocycles. The summed E-state index contributed by atoms with van der Waals surface area (Å²) in [7, 11) is 0. The number of aryl methyl sites for hydroxylation is 1. The molecule has 0 amide bonds. The molecule has 0 radical (unpaired) electrons. The number of nitrogen functional groups attached to an aromatic ring is 1. The van der Waals surface area contributed by atoms with Gasteiger partial charge in [0.15, 0.2) is 0 Å². The van der Waals surface area contributed by atoms with Gasteiger partial charge in [-0.3, -0.25) is 5.43 Å². The highest BCUT2D eigenvalue weighted by Gasteiger charge is 2.13. The summed E-state index contributed by atoms with van der Waals surface area (Å²) < 4.78 is 5.85. The van der Waals surface area contributed by atoms with Gasteiger partial charge in [0.05, 0.1) is 12.7 Å². The first-order chi connectivity index (χ1) is 9.29. The van der Waals surface area contributed by atoms with E-state index in [1.807, 2.05) is 6.92 Å². The number of nitrogens with two attached hydrogens (primary N) is 1. The molecule has 4 N–H and O–H groups in total. The summed E-state index contributed by atoms with van der Waals surface area (Å²) >= 11 is 0. The fraction of sp³-hybridized carbons (Fsp3) is 0.692. The van der Waals surface area contributed by atoms with Crippen LogP contribution in [0, 0.1) is 6.92 Å². The zero-order chi connectivity index (χ0) is 13.5. The molecule has 1 heterocycles. The van der Waals surface area contributed by atoms with Crippen molar-refractivity contribution in [3.05, 3.63) is 11.8 Å². The Morgan fingerprint density at radius 3 is 2.89 bits per heavy atom. The standard InChI is InChI=1S/C13H23N5O/c1-10-9-16-13(18-14)17-12(10)15-7-8-19-11-5-3-2-4-6-11/h9,11H,2-8,14H2,1H3,(H2,15,16,17,18). The van der Waals surface area contributed by atoms with Crippen molar-refractivity contribution in [2.75, 3.05) is 23.9 Å². The minimum absolute atomic E-state index is 0.418. The molecule has 19 heavy (non-hydrogen) atoms. The number of ether oxygens (including phenoxy) is 1. The molecule has 1 saturated carbocycles. The number of rotatable bonds is 6. The average molecular weight is 265 g/mol. The van der Waals surface area contributed by atoms with E-state index in [9.17, 15) is 0 Å². The van der Waals surface area contributed by atoms with Gasteiger partial charge in [-0.2, -0.15) is 4.98 Å². The lowest BCUT2D eigenvalue weighted by Crippen LogP contribution is -2.21. The van der Waals surface area contributed by atoms with E-state index in [2.05, 4.69) is 20.7 Å². The van der Waals surface area contributed by atoms with Crippen LogP contribution in [0.3, 0.4) is 0 Å². The Morgan fingerprint density at radius 2 is 2.16 bits per heavy atom. The van der Waals surface area contributed by atoms with Gasteiger partial charge in [-0.1, -0.05) is 19.3 Å². The molecule has 106 valence electrons. The van der Waals surface area contributed by atoms with Crippen LogP contribution in [0.1, 0.15) is 37.7 Å². The topological polar surface area (TPSA) is 85.1 Å². The third-order valence-corrected chi connectivity index (χ3v) is 3.40. The Morgan fingerprint density at radius 1 is 1.37 bits per heavy atom. The molecule has 0 saturated heterocycles. The van der Waals surface area contributed by atoms with Crippen LogP contribution in [0.5, 0.6) is 0 Å². The third kappa shape index (κ3) is 4.33. The van der Waals surface area contributed by atoms with Crippen molar-refractivity contribution in [1.82, 2.24) is 9.97 Å². The maximum atomic E-state index is 5.85. The predicted molar refractivity (Wildman–Crippen MR) is 75.9 cm³/mol. The van der Waals surface area contributed by atoms with E-state index < -0.39 is 0 Å². The first-order valence-corrected chi connectivity index (χ1v) is 6.95. The number of anilines is 2. The van der Waals surface area contributed by atoms with Crippen LogP contribution < -0.4 is 16.6 Å². The summed E-state index contributed by atoms with van der Waals surface area (Å²) in [6, 6.07) is 0. The maximum absolute atomic E-state index is 5.85. The molecule has 1 aromatic heterocycles. The molecule has 0 spiro atoms. The number of hydrazine groups is 1. The second-order valence-electron chi connectivity index (χ2n) is 4.93. The lowest BCUT2D eigenvalue weighted by Gasteiger charge is -2.22. The summed E-state index contributed by atoms with van der Waals surface area (Å²) in [6.45, 7) is 3.42. The maximum Gasteiger partial charge on any atom is 0.239 e. The number of hydrogen-bond acceptors (Lipinski definition) is 6. The van der Waals surface area contributed by atoms with Gasteiger partial charge in [0.25, 0.3) is 0 Å². The summed E-state index contributed by atoms with van der Waals surface area (Å²) in [6.07, 6.45) is 8.55. The van der Waals surface area contributed by atoms with Crippen LogP contribution in [0.4, 0.5) is 11.8 Å². The average Bonchev–Trinajstić information content (AvgIpc) is 2.46. The van der Waals surface area contributed by atoms with Crippen molar-refractivity contribution in [3.63, 3.8) is 0 Å². The van der Waals surface area contributed by atoms with Crippen molar-refractivity contribution >= 4 is 11.8 Å². The molecule has 1 aromatic rings. The van der Waals surface area contributed by atoms with Gasteiger partial charge < -0.3 is 10.1 Å². The fourth-order valence-corrected chi connectivity index (χ4v) is 2.32. The van der Waals surface area contributed by atoms with Gasteiger partial charge in [-0.05, 0) is 19.8 Å². The number of nitrogens with one attached hydrogen (secondary N) is 2. The smallest absolute Gasteiger partial charge is 0.239 e. The lowest BCUT2D eigenvalue weighted by atomic mass is 9.98. The first-order valence-electron chi connectivity index (χ1n) is 6.95. The highest BCUT2D eigenvalue weighted by atomic mass is 16.5. The van der Waals surface area contributed by atoms with E-state index >= 15 is 0 Å².